The fraction of sp³-hybridized carbons (Fsp3) is 0.833. The number of rotatable bonds is 6. The van der Waals surface area contributed by atoms with E-state index in [1.54, 1.807) is 0 Å². The Morgan fingerprint density at radius 3 is 2.53 bits per heavy atom. The summed E-state index contributed by atoms with van der Waals surface area (Å²) in [6.45, 7) is 0.524. The molecule has 0 aliphatic heterocycles. The monoisotopic (exact) mass is 242 g/mol. The molecule has 0 radical (unpaired) electrons. The van der Waals surface area contributed by atoms with E-state index in [1.165, 1.54) is 6.42 Å². The van der Waals surface area contributed by atoms with E-state index in [2.05, 4.69) is 5.32 Å². The fourth-order valence-corrected chi connectivity index (χ4v) is 2.17. The third-order valence-corrected chi connectivity index (χ3v) is 3.28. The normalized spacial score (nSPS) is 18.6. The third-order valence-electron chi connectivity index (χ3n) is 3.28. The summed E-state index contributed by atoms with van der Waals surface area (Å²) in [5, 5.41) is 11.4. The second-order valence-electron chi connectivity index (χ2n) is 4.71. The first kappa shape index (κ1) is 14.0. The van der Waals surface area contributed by atoms with Crippen molar-refractivity contribution in [2.24, 2.45) is 11.7 Å². The molecule has 5 nitrogen and oxygen atoms in total. The van der Waals surface area contributed by atoms with Crippen molar-refractivity contribution in [3.8, 4) is 0 Å². The summed E-state index contributed by atoms with van der Waals surface area (Å²) >= 11 is 0. The predicted octanol–water partition coefficient (Wildman–Crippen LogP) is 0.875. The van der Waals surface area contributed by atoms with E-state index < -0.39 is 12.0 Å². The Balaban J connectivity index is 2.09. The molecule has 1 saturated carbocycles. The zero-order chi connectivity index (χ0) is 12.7. The molecule has 0 bridgehead atoms. The van der Waals surface area contributed by atoms with Crippen LogP contribution in [-0.4, -0.2) is 29.6 Å². The summed E-state index contributed by atoms with van der Waals surface area (Å²) in [6, 6.07) is -0.818. The molecule has 17 heavy (non-hydrogen) atoms. The zero-order valence-electron chi connectivity index (χ0n) is 10.2. The van der Waals surface area contributed by atoms with Crippen LogP contribution in [0, 0.1) is 5.92 Å². The summed E-state index contributed by atoms with van der Waals surface area (Å²) in [7, 11) is 0. The van der Waals surface area contributed by atoms with Crippen LogP contribution >= 0.6 is 0 Å². The highest BCUT2D eigenvalue weighted by Crippen LogP contribution is 2.23. The molecule has 1 aliphatic rings. The van der Waals surface area contributed by atoms with Crippen LogP contribution in [-0.2, 0) is 9.59 Å². The number of nitrogens with one attached hydrogen (secondary N) is 1. The van der Waals surface area contributed by atoms with Gasteiger partial charge < -0.3 is 16.2 Å². The van der Waals surface area contributed by atoms with Gasteiger partial charge in [0.05, 0.1) is 0 Å². The molecule has 0 aromatic carbocycles. The van der Waals surface area contributed by atoms with Gasteiger partial charge in [-0.25, -0.2) is 0 Å². The van der Waals surface area contributed by atoms with Gasteiger partial charge in [0, 0.05) is 12.5 Å². The number of hydrogen-bond donors (Lipinski definition) is 3. The molecule has 1 fully saturated rings. The molecule has 0 saturated heterocycles. The summed E-state index contributed by atoms with van der Waals surface area (Å²) in [5.74, 6) is -0.700. The highest BCUT2D eigenvalue weighted by atomic mass is 16.4. The van der Waals surface area contributed by atoms with E-state index in [0.29, 0.717) is 19.4 Å². The molecule has 1 atom stereocenters. The Labute approximate surface area is 102 Å². The Kier molecular flexibility index (Phi) is 5.97. The maximum absolute atomic E-state index is 11.7. The SMILES string of the molecule is N[C@@H](CCCNC(=O)C1CCCCC1)C(=O)O. The summed E-state index contributed by atoms with van der Waals surface area (Å²) in [6.07, 6.45) is 6.51. The van der Waals surface area contributed by atoms with E-state index in [9.17, 15) is 9.59 Å². The van der Waals surface area contributed by atoms with Crippen molar-refractivity contribution in [2.75, 3.05) is 6.54 Å². The molecule has 0 spiro atoms. The van der Waals surface area contributed by atoms with Gasteiger partial charge in [-0.05, 0) is 25.7 Å². The first-order chi connectivity index (χ1) is 8.11. The second-order valence-corrected chi connectivity index (χ2v) is 4.71. The lowest BCUT2D eigenvalue weighted by Gasteiger charge is -2.20. The molecule has 1 rings (SSSR count). The van der Waals surface area contributed by atoms with Crippen LogP contribution in [0.5, 0.6) is 0 Å². The second kappa shape index (κ2) is 7.27. The van der Waals surface area contributed by atoms with Gasteiger partial charge in [0.1, 0.15) is 6.04 Å². The van der Waals surface area contributed by atoms with Crippen molar-refractivity contribution < 1.29 is 14.7 Å². The highest BCUT2D eigenvalue weighted by Gasteiger charge is 2.20. The van der Waals surface area contributed by atoms with Crippen LogP contribution in [0.3, 0.4) is 0 Å². The molecular weight excluding hydrogens is 220 g/mol. The van der Waals surface area contributed by atoms with Gasteiger partial charge in [0.15, 0.2) is 0 Å². The lowest BCUT2D eigenvalue weighted by atomic mass is 9.88. The standard InChI is InChI=1S/C12H22N2O3/c13-10(12(16)17)7-4-8-14-11(15)9-5-2-1-3-6-9/h9-10H,1-8,13H2,(H,14,15)(H,16,17)/t10-/m0/s1. The first-order valence-corrected chi connectivity index (χ1v) is 6.37. The highest BCUT2D eigenvalue weighted by molar-refractivity contribution is 5.78. The molecule has 1 aliphatic carbocycles. The first-order valence-electron chi connectivity index (χ1n) is 6.37. The molecule has 0 unspecified atom stereocenters. The number of nitrogens with two attached hydrogens (primary N) is 1. The van der Waals surface area contributed by atoms with E-state index in [4.69, 9.17) is 10.8 Å². The molecule has 0 heterocycles. The van der Waals surface area contributed by atoms with Gasteiger partial charge in [-0.15, -0.1) is 0 Å². The van der Waals surface area contributed by atoms with Gasteiger partial charge in [0.25, 0.3) is 0 Å². The number of carbonyl (C=O) groups is 2. The van der Waals surface area contributed by atoms with Gasteiger partial charge >= 0.3 is 5.97 Å². The summed E-state index contributed by atoms with van der Waals surface area (Å²) in [5.41, 5.74) is 5.36. The Hall–Kier alpha value is -1.10. The predicted molar refractivity (Wildman–Crippen MR) is 64.4 cm³/mol. The third kappa shape index (κ3) is 5.17. The minimum atomic E-state index is -0.983. The minimum Gasteiger partial charge on any atom is -0.480 e. The van der Waals surface area contributed by atoms with Crippen molar-refractivity contribution in [1.82, 2.24) is 5.32 Å². The average molecular weight is 242 g/mol. The van der Waals surface area contributed by atoms with Crippen LogP contribution in [0.15, 0.2) is 0 Å². The number of carbonyl (C=O) groups excluding carboxylic acids is 1. The minimum absolute atomic E-state index is 0.119. The number of aliphatic carboxylic acids is 1. The number of carboxylic acid groups (broad SMARTS) is 1. The smallest absolute Gasteiger partial charge is 0.320 e. The van der Waals surface area contributed by atoms with Crippen molar-refractivity contribution in [1.29, 1.82) is 0 Å². The van der Waals surface area contributed by atoms with Crippen LogP contribution in [0.4, 0.5) is 0 Å². The maximum Gasteiger partial charge on any atom is 0.320 e. The van der Waals surface area contributed by atoms with Crippen LogP contribution in [0.25, 0.3) is 0 Å². The maximum atomic E-state index is 11.7. The quantitative estimate of drug-likeness (QED) is 0.603. The molecule has 98 valence electrons. The molecule has 5 heteroatoms. The van der Waals surface area contributed by atoms with Crippen molar-refractivity contribution in [2.45, 2.75) is 51.0 Å². The van der Waals surface area contributed by atoms with Gasteiger partial charge in [0.2, 0.25) is 5.91 Å². The molecule has 0 aromatic rings. The fourth-order valence-electron chi connectivity index (χ4n) is 2.17. The largest absolute Gasteiger partial charge is 0.480 e. The van der Waals surface area contributed by atoms with Gasteiger partial charge in [-0.3, -0.25) is 9.59 Å². The lowest BCUT2D eigenvalue weighted by molar-refractivity contribution is -0.138. The molecule has 1 amide bonds. The summed E-state index contributed by atoms with van der Waals surface area (Å²) in [4.78, 5) is 22.2. The van der Waals surface area contributed by atoms with Crippen LogP contribution in [0.2, 0.25) is 0 Å². The van der Waals surface area contributed by atoms with Crippen molar-refractivity contribution >= 4 is 11.9 Å². The van der Waals surface area contributed by atoms with Gasteiger partial charge in [-0.2, -0.15) is 0 Å². The molecular formula is C12H22N2O3. The lowest BCUT2D eigenvalue weighted by Crippen LogP contribution is -2.34. The topological polar surface area (TPSA) is 92.4 Å². The van der Waals surface area contributed by atoms with Crippen LogP contribution < -0.4 is 11.1 Å². The Morgan fingerprint density at radius 1 is 1.29 bits per heavy atom. The van der Waals surface area contributed by atoms with Crippen molar-refractivity contribution in [3.63, 3.8) is 0 Å². The Bertz CT molecular complexity index is 262. The zero-order valence-corrected chi connectivity index (χ0v) is 10.2. The van der Waals surface area contributed by atoms with E-state index >= 15 is 0 Å². The summed E-state index contributed by atoms with van der Waals surface area (Å²) < 4.78 is 0. The number of hydrogen-bond acceptors (Lipinski definition) is 3. The van der Waals surface area contributed by atoms with Crippen molar-refractivity contribution in [3.05, 3.63) is 0 Å². The number of amides is 1. The molecule has 0 aromatic heterocycles. The van der Waals surface area contributed by atoms with Crippen LogP contribution in [0.1, 0.15) is 44.9 Å². The van der Waals surface area contributed by atoms with E-state index in [1.807, 2.05) is 0 Å². The Morgan fingerprint density at radius 2 is 1.94 bits per heavy atom. The van der Waals surface area contributed by atoms with E-state index in [-0.39, 0.29) is 11.8 Å². The average Bonchev–Trinajstić information content (AvgIpc) is 2.35. The van der Waals surface area contributed by atoms with E-state index in [0.717, 1.165) is 25.7 Å². The molecule has 4 N–H and O–H groups in total. The van der Waals surface area contributed by atoms with Gasteiger partial charge in [-0.1, -0.05) is 19.3 Å². The number of carboxylic acids is 1.